The molecule has 2 aromatic carbocycles. The molecule has 34 heavy (non-hydrogen) atoms. The third-order valence-electron chi connectivity index (χ3n) is 7.16. The monoisotopic (exact) mass is 473 g/mol. The van der Waals surface area contributed by atoms with Crippen LogP contribution in [0.1, 0.15) is 36.8 Å². The van der Waals surface area contributed by atoms with Gasteiger partial charge < -0.3 is 15.5 Å². The maximum atomic E-state index is 14.0. The molecule has 2 amide bonds. The van der Waals surface area contributed by atoms with Crippen LogP contribution in [0.3, 0.4) is 0 Å². The minimum absolute atomic E-state index is 0.0168. The largest absolute Gasteiger partial charge is 0.342 e. The normalized spacial score (nSPS) is 18.4. The van der Waals surface area contributed by atoms with Crippen molar-refractivity contribution in [1.29, 1.82) is 0 Å². The lowest BCUT2D eigenvalue weighted by Crippen LogP contribution is -2.50. The fourth-order valence-corrected chi connectivity index (χ4v) is 4.91. The highest BCUT2D eigenvalue weighted by Gasteiger charge is 2.59. The molecule has 2 aromatic rings. The van der Waals surface area contributed by atoms with Crippen molar-refractivity contribution in [3.05, 3.63) is 71.0 Å². The number of halogens is 3. The predicted molar refractivity (Wildman–Crippen MR) is 122 cm³/mol. The highest BCUT2D eigenvalue weighted by atomic mass is 19.2. The van der Waals surface area contributed by atoms with Crippen molar-refractivity contribution in [3.63, 3.8) is 0 Å². The van der Waals surface area contributed by atoms with Crippen molar-refractivity contribution in [2.75, 3.05) is 20.1 Å². The van der Waals surface area contributed by atoms with Gasteiger partial charge in [0.05, 0.1) is 0 Å². The van der Waals surface area contributed by atoms with Crippen molar-refractivity contribution >= 4 is 11.8 Å². The van der Waals surface area contributed by atoms with Crippen LogP contribution in [0.4, 0.5) is 13.2 Å². The van der Waals surface area contributed by atoms with Gasteiger partial charge in [-0.3, -0.25) is 9.59 Å². The highest BCUT2D eigenvalue weighted by Crippen LogP contribution is 2.49. The first-order valence-corrected chi connectivity index (χ1v) is 11.7. The van der Waals surface area contributed by atoms with Crippen LogP contribution >= 0.6 is 0 Å². The summed E-state index contributed by atoms with van der Waals surface area (Å²) in [5.41, 5.74) is 6.36. The van der Waals surface area contributed by atoms with Gasteiger partial charge in [-0.1, -0.05) is 30.3 Å². The SMILES string of the molecule is CN(Cc1ccccc1)C(=O)C1(C(=O)N2CCC([C@H](N)Cc3cc(F)c(F)cc3F)CC2)CC1. The van der Waals surface area contributed by atoms with Gasteiger partial charge in [-0.2, -0.15) is 0 Å². The molecule has 0 radical (unpaired) electrons. The van der Waals surface area contributed by atoms with E-state index in [1.54, 1.807) is 16.8 Å². The topological polar surface area (TPSA) is 66.6 Å². The minimum Gasteiger partial charge on any atom is -0.342 e. The first kappa shape index (κ1) is 24.3. The number of piperidine rings is 1. The highest BCUT2D eigenvalue weighted by molar-refractivity contribution is 6.07. The summed E-state index contributed by atoms with van der Waals surface area (Å²) < 4.78 is 40.7. The van der Waals surface area contributed by atoms with Crippen LogP contribution in [0.25, 0.3) is 0 Å². The number of likely N-dealkylation sites (tertiary alicyclic amines) is 1. The summed E-state index contributed by atoms with van der Waals surface area (Å²) >= 11 is 0. The molecule has 5 nitrogen and oxygen atoms in total. The molecule has 2 N–H and O–H groups in total. The average Bonchev–Trinajstić information content (AvgIpc) is 3.64. The number of nitrogens with zero attached hydrogens (tertiary/aromatic N) is 2. The Balaban J connectivity index is 1.32. The van der Waals surface area contributed by atoms with E-state index in [1.165, 1.54) is 0 Å². The molecule has 1 aliphatic heterocycles. The Kier molecular flexibility index (Phi) is 6.98. The molecule has 0 unspecified atom stereocenters. The summed E-state index contributed by atoms with van der Waals surface area (Å²) in [5, 5.41) is 0. The molecule has 1 heterocycles. The molecular formula is C26H30F3N3O2. The number of carbonyl (C=O) groups excluding carboxylic acids is 2. The Bertz CT molecular complexity index is 1050. The number of hydrogen-bond donors (Lipinski definition) is 1. The summed E-state index contributed by atoms with van der Waals surface area (Å²) in [7, 11) is 1.73. The van der Waals surface area contributed by atoms with Gasteiger partial charge in [0, 0.05) is 38.8 Å². The zero-order chi connectivity index (χ0) is 24.5. The Labute approximate surface area is 197 Å². The van der Waals surface area contributed by atoms with Gasteiger partial charge in [0.15, 0.2) is 11.6 Å². The summed E-state index contributed by atoms with van der Waals surface area (Å²) in [6.45, 7) is 1.38. The first-order chi connectivity index (χ1) is 16.2. The van der Waals surface area contributed by atoms with E-state index in [2.05, 4.69) is 0 Å². The van der Waals surface area contributed by atoms with Crippen molar-refractivity contribution in [2.24, 2.45) is 17.1 Å². The van der Waals surface area contributed by atoms with Gasteiger partial charge in [-0.15, -0.1) is 0 Å². The van der Waals surface area contributed by atoms with E-state index < -0.39 is 28.9 Å². The number of nitrogens with two attached hydrogens (primary N) is 1. The van der Waals surface area contributed by atoms with E-state index in [1.807, 2.05) is 30.3 Å². The van der Waals surface area contributed by atoms with Gasteiger partial charge in [0.2, 0.25) is 11.8 Å². The molecular weight excluding hydrogens is 443 g/mol. The summed E-state index contributed by atoms with van der Waals surface area (Å²) in [6, 6.07) is 10.6. The second-order valence-corrected chi connectivity index (χ2v) is 9.58. The Hall–Kier alpha value is -2.87. The fraction of sp³-hybridized carbons (Fsp3) is 0.462. The van der Waals surface area contributed by atoms with Gasteiger partial charge >= 0.3 is 0 Å². The van der Waals surface area contributed by atoms with E-state index in [0.29, 0.717) is 51.4 Å². The molecule has 0 bridgehead atoms. The van der Waals surface area contributed by atoms with Crippen molar-refractivity contribution in [1.82, 2.24) is 9.80 Å². The smallest absolute Gasteiger partial charge is 0.238 e. The van der Waals surface area contributed by atoms with Crippen LogP contribution in [0, 0.1) is 28.8 Å². The maximum Gasteiger partial charge on any atom is 0.238 e. The van der Waals surface area contributed by atoms with E-state index in [4.69, 9.17) is 5.73 Å². The number of benzene rings is 2. The summed E-state index contributed by atoms with van der Waals surface area (Å²) in [4.78, 5) is 29.8. The quantitative estimate of drug-likeness (QED) is 0.493. The molecule has 1 saturated carbocycles. The van der Waals surface area contributed by atoms with Crippen LogP contribution in [0.5, 0.6) is 0 Å². The molecule has 1 aliphatic carbocycles. The van der Waals surface area contributed by atoms with Crippen molar-refractivity contribution in [3.8, 4) is 0 Å². The Morgan fingerprint density at radius 3 is 2.29 bits per heavy atom. The zero-order valence-electron chi connectivity index (χ0n) is 19.3. The fourth-order valence-electron chi connectivity index (χ4n) is 4.91. The van der Waals surface area contributed by atoms with Crippen LogP contribution < -0.4 is 5.73 Å². The second-order valence-electron chi connectivity index (χ2n) is 9.58. The van der Waals surface area contributed by atoms with Gasteiger partial charge in [-0.05, 0) is 55.2 Å². The number of amides is 2. The molecule has 0 spiro atoms. The zero-order valence-corrected chi connectivity index (χ0v) is 19.3. The lowest BCUT2D eigenvalue weighted by atomic mass is 9.85. The Morgan fingerprint density at radius 2 is 1.68 bits per heavy atom. The average molecular weight is 474 g/mol. The lowest BCUT2D eigenvalue weighted by Gasteiger charge is -2.37. The van der Waals surface area contributed by atoms with E-state index >= 15 is 0 Å². The molecule has 0 aromatic heterocycles. The summed E-state index contributed by atoms with van der Waals surface area (Å²) in [5.74, 6) is -3.38. The first-order valence-electron chi connectivity index (χ1n) is 11.7. The minimum atomic E-state index is -1.22. The lowest BCUT2D eigenvalue weighted by molar-refractivity contribution is -0.150. The summed E-state index contributed by atoms with van der Waals surface area (Å²) in [6.07, 6.45) is 2.43. The Morgan fingerprint density at radius 1 is 1.06 bits per heavy atom. The number of rotatable bonds is 7. The van der Waals surface area contributed by atoms with Crippen LogP contribution in [-0.2, 0) is 22.6 Å². The molecule has 2 aliphatic rings. The predicted octanol–water partition coefficient (Wildman–Crippen LogP) is 3.65. The molecule has 1 atom stereocenters. The van der Waals surface area contributed by atoms with E-state index in [0.717, 1.165) is 11.6 Å². The third-order valence-corrected chi connectivity index (χ3v) is 7.16. The van der Waals surface area contributed by atoms with Gasteiger partial charge in [0.1, 0.15) is 11.2 Å². The maximum absolute atomic E-state index is 14.0. The second kappa shape index (κ2) is 9.78. The van der Waals surface area contributed by atoms with Gasteiger partial charge in [0.25, 0.3) is 0 Å². The van der Waals surface area contributed by atoms with Gasteiger partial charge in [-0.25, -0.2) is 13.2 Å². The van der Waals surface area contributed by atoms with Crippen molar-refractivity contribution < 1.29 is 22.8 Å². The van der Waals surface area contributed by atoms with Crippen LogP contribution in [0.15, 0.2) is 42.5 Å². The standard InChI is InChI=1S/C26H30F3N3O2/c1-31(16-17-5-3-2-4-6-17)24(33)26(9-10-26)25(34)32-11-7-18(8-12-32)23(30)14-19-13-21(28)22(29)15-20(19)27/h2-6,13,15,18,23H,7-12,14,16,30H2,1H3/t23-/m1/s1. The molecule has 8 heteroatoms. The molecule has 4 rings (SSSR count). The van der Waals surface area contributed by atoms with Crippen LogP contribution in [0.2, 0.25) is 0 Å². The van der Waals surface area contributed by atoms with E-state index in [-0.39, 0.29) is 29.7 Å². The molecule has 1 saturated heterocycles. The number of carbonyl (C=O) groups is 2. The van der Waals surface area contributed by atoms with Crippen LogP contribution in [-0.4, -0.2) is 47.8 Å². The van der Waals surface area contributed by atoms with Crippen molar-refractivity contribution in [2.45, 2.75) is 44.7 Å². The van der Waals surface area contributed by atoms with E-state index in [9.17, 15) is 22.8 Å². The third kappa shape index (κ3) is 4.97. The number of hydrogen-bond acceptors (Lipinski definition) is 3. The molecule has 2 fully saturated rings. The molecule has 182 valence electrons.